The van der Waals surface area contributed by atoms with E-state index in [1.165, 1.54) is 31.2 Å². The lowest BCUT2D eigenvalue weighted by molar-refractivity contribution is 0.428. The molecule has 5 nitrogen and oxygen atoms in total. The first-order valence-electron chi connectivity index (χ1n) is 8.22. The van der Waals surface area contributed by atoms with E-state index in [1.54, 1.807) is 0 Å². The quantitative estimate of drug-likeness (QED) is 0.699. The standard InChI is InChI=1S/C17H25N5/c1-14-7-6-12-22-13-15(20-16(14)22)8-9-19-17(18)21-10-4-2-3-5-11-21/h6-7,12-13H,2-5,8-11H2,1H3,(H2,18,19). The number of fused-ring (bicyclic) bond motifs is 1. The van der Waals surface area contributed by atoms with E-state index in [4.69, 9.17) is 5.73 Å². The summed E-state index contributed by atoms with van der Waals surface area (Å²) in [4.78, 5) is 11.4. The molecule has 0 radical (unpaired) electrons. The summed E-state index contributed by atoms with van der Waals surface area (Å²) in [5.74, 6) is 0.696. The normalized spacial score (nSPS) is 17.0. The zero-order chi connectivity index (χ0) is 15.4. The van der Waals surface area contributed by atoms with Crippen molar-refractivity contribution in [3.05, 3.63) is 35.8 Å². The summed E-state index contributed by atoms with van der Waals surface area (Å²) in [5, 5.41) is 0. The highest BCUT2D eigenvalue weighted by Gasteiger charge is 2.10. The van der Waals surface area contributed by atoms with E-state index >= 15 is 0 Å². The van der Waals surface area contributed by atoms with E-state index in [0.717, 1.165) is 30.9 Å². The van der Waals surface area contributed by atoms with Crippen molar-refractivity contribution >= 4 is 11.6 Å². The van der Waals surface area contributed by atoms with Crippen LogP contribution in [0.5, 0.6) is 0 Å². The highest BCUT2D eigenvalue weighted by atomic mass is 15.2. The minimum Gasteiger partial charge on any atom is -0.370 e. The number of guanidine groups is 1. The molecule has 0 atom stereocenters. The average molecular weight is 299 g/mol. The number of nitrogens with two attached hydrogens (primary N) is 1. The number of rotatable bonds is 3. The lowest BCUT2D eigenvalue weighted by Gasteiger charge is -2.20. The van der Waals surface area contributed by atoms with Crippen LogP contribution >= 0.6 is 0 Å². The smallest absolute Gasteiger partial charge is 0.191 e. The number of likely N-dealkylation sites (tertiary alicyclic amines) is 1. The van der Waals surface area contributed by atoms with Gasteiger partial charge in [-0.05, 0) is 31.4 Å². The summed E-state index contributed by atoms with van der Waals surface area (Å²) < 4.78 is 2.08. The summed E-state index contributed by atoms with van der Waals surface area (Å²) >= 11 is 0. The van der Waals surface area contributed by atoms with Crippen LogP contribution in [0.3, 0.4) is 0 Å². The minimum absolute atomic E-state index is 0.696. The Morgan fingerprint density at radius 3 is 2.77 bits per heavy atom. The molecule has 0 bridgehead atoms. The van der Waals surface area contributed by atoms with E-state index in [1.807, 2.05) is 12.3 Å². The van der Waals surface area contributed by atoms with Crippen LogP contribution in [0, 0.1) is 6.92 Å². The molecule has 1 aliphatic rings. The number of imidazole rings is 1. The van der Waals surface area contributed by atoms with E-state index in [-0.39, 0.29) is 0 Å². The van der Waals surface area contributed by atoms with Crippen molar-refractivity contribution in [2.24, 2.45) is 10.7 Å². The van der Waals surface area contributed by atoms with Crippen molar-refractivity contribution < 1.29 is 0 Å². The topological polar surface area (TPSA) is 58.9 Å². The molecule has 2 aromatic rings. The molecule has 0 amide bonds. The van der Waals surface area contributed by atoms with Crippen LogP contribution in [0.1, 0.15) is 36.9 Å². The second-order valence-corrected chi connectivity index (χ2v) is 6.05. The Hall–Kier alpha value is -2.04. The fraction of sp³-hybridized carbons (Fsp3) is 0.529. The fourth-order valence-electron chi connectivity index (χ4n) is 3.01. The monoisotopic (exact) mass is 299 g/mol. The molecular weight excluding hydrogens is 274 g/mol. The molecule has 1 fully saturated rings. The van der Waals surface area contributed by atoms with Crippen molar-refractivity contribution in [1.82, 2.24) is 14.3 Å². The van der Waals surface area contributed by atoms with Crippen molar-refractivity contribution in [2.45, 2.75) is 39.0 Å². The zero-order valence-electron chi connectivity index (χ0n) is 13.3. The molecule has 0 aliphatic carbocycles. The molecule has 1 aliphatic heterocycles. The third kappa shape index (κ3) is 3.40. The summed E-state index contributed by atoms with van der Waals surface area (Å²) in [6.45, 7) is 4.87. The predicted octanol–water partition coefficient (Wildman–Crippen LogP) is 2.38. The third-order valence-corrected chi connectivity index (χ3v) is 4.30. The Morgan fingerprint density at radius 2 is 2.05 bits per heavy atom. The molecule has 22 heavy (non-hydrogen) atoms. The minimum atomic E-state index is 0.696. The third-order valence-electron chi connectivity index (χ3n) is 4.30. The Balaban J connectivity index is 1.61. The van der Waals surface area contributed by atoms with E-state index in [2.05, 4.69) is 38.5 Å². The van der Waals surface area contributed by atoms with Gasteiger partial charge in [0.15, 0.2) is 5.96 Å². The van der Waals surface area contributed by atoms with E-state index in [9.17, 15) is 0 Å². The number of hydrogen-bond donors (Lipinski definition) is 1. The van der Waals surface area contributed by atoms with Crippen LogP contribution in [0.4, 0.5) is 0 Å². The number of aromatic nitrogens is 2. The molecule has 0 saturated carbocycles. The van der Waals surface area contributed by atoms with Crippen LogP contribution in [-0.4, -0.2) is 39.9 Å². The molecular formula is C17H25N5. The van der Waals surface area contributed by atoms with Gasteiger partial charge in [-0.15, -0.1) is 0 Å². The van der Waals surface area contributed by atoms with Gasteiger partial charge in [-0.25, -0.2) is 4.98 Å². The number of aryl methyl sites for hydroxylation is 1. The van der Waals surface area contributed by atoms with Crippen molar-refractivity contribution in [2.75, 3.05) is 19.6 Å². The van der Waals surface area contributed by atoms with Gasteiger partial charge in [0.05, 0.1) is 5.69 Å². The van der Waals surface area contributed by atoms with Gasteiger partial charge in [-0.1, -0.05) is 18.9 Å². The predicted molar refractivity (Wildman–Crippen MR) is 90.2 cm³/mol. The summed E-state index contributed by atoms with van der Waals surface area (Å²) in [7, 11) is 0. The van der Waals surface area contributed by atoms with Gasteiger partial charge in [0.1, 0.15) is 5.65 Å². The van der Waals surface area contributed by atoms with Gasteiger partial charge in [0.25, 0.3) is 0 Å². The van der Waals surface area contributed by atoms with Crippen LogP contribution in [-0.2, 0) is 6.42 Å². The summed E-state index contributed by atoms with van der Waals surface area (Å²) in [6.07, 6.45) is 10.0. The molecule has 0 spiro atoms. The summed E-state index contributed by atoms with van der Waals surface area (Å²) in [6, 6.07) is 4.13. The van der Waals surface area contributed by atoms with Crippen molar-refractivity contribution in [3.63, 3.8) is 0 Å². The zero-order valence-corrected chi connectivity index (χ0v) is 13.3. The Bertz CT molecular complexity index is 650. The van der Waals surface area contributed by atoms with E-state index < -0.39 is 0 Å². The maximum Gasteiger partial charge on any atom is 0.191 e. The van der Waals surface area contributed by atoms with Crippen molar-refractivity contribution in [3.8, 4) is 0 Å². The largest absolute Gasteiger partial charge is 0.370 e. The second-order valence-electron chi connectivity index (χ2n) is 6.05. The highest BCUT2D eigenvalue weighted by molar-refractivity contribution is 5.78. The van der Waals surface area contributed by atoms with Gasteiger partial charge < -0.3 is 15.0 Å². The Labute approximate surface area is 131 Å². The molecule has 118 valence electrons. The average Bonchev–Trinajstić information content (AvgIpc) is 2.75. The molecule has 3 heterocycles. The molecule has 0 aromatic carbocycles. The van der Waals surface area contributed by atoms with Crippen molar-refractivity contribution in [1.29, 1.82) is 0 Å². The SMILES string of the molecule is Cc1cccn2cc(CCN=C(N)N3CCCCCC3)nc12. The lowest BCUT2D eigenvalue weighted by Crippen LogP contribution is -2.38. The molecule has 1 saturated heterocycles. The number of aliphatic imine (C=N–C) groups is 1. The van der Waals surface area contributed by atoms with Crippen LogP contribution in [0.25, 0.3) is 5.65 Å². The first-order valence-corrected chi connectivity index (χ1v) is 8.22. The number of pyridine rings is 1. The Kier molecular flexibility index (Phi) is 4.61. The number of nitrogens with zero attached hydrogens (tertiary/aromatic N) is 4. The molecule has 0 unspecified atom stereocenters. The Morgan fingerprint density at radius 1 is 1.27 bits per heavy atom. The van der Waals surface area contributed by atoms with Gasteiger partial charge in [0.2, 0.25) is 0 Å². The first kappa shape index (κ1) is 14.9. The lowest BCUT2D eigenvalue weighted by atomic mass is 10.2. The van der Waals surface area contributed by atoms with Crippen LogP contribution in [0.2, 0.25) is 0 Å². The number of hydrogen-bond acceptors (Lipinski definition) is 2. The van der Waals surface area contributed by atoms with Crippen LogP contribution < -0.4 is 5.73 Å². The van der Waals surface area contributed by atoms with Gasteiger partial charge in [-0.2, -0.15) is 0 Å². The van der Waals surface area contributed by atoms with E-state index in [0.29, 0.717) is 12.5 Å². The second kappa shape index (κ2) is 6.81. The molecule has 2 aromatic heterocycles. The van der Waals surface area contributed by atoms with Gasteiger partial charge in [0, 0.05) is 38.4 Å². The molecule has 3 rings (SSSR count). The van der Waals surface area contributed by atoms with Gasteiger partial charge >= 0.3 is 0 Å². The van der Waals surface area contributed by atoms with Crippen LogP contribution in [0.15, 0.2) is 29.5 Å². The summed E-state index contributed by atoms with van der Waals surface area (Å²) in [5.41, 5.74) is 9.43. The maximum atomic E-state index is 6.13. The molecule has 5 heteroatoms. The maximum absolute atomic E-state index is 6.13. The van der Waals surface area contributed by atoms with Gasteiger partial charge in [-0.3, -0.25) is 4.99 Å². The first-order chi connectivity index (χ1) is 10.7. The molecule has 2 N–H and O–H groups in total. The fourth-order valence-corrected chi connectivity index (χ4v) is 3.01. The highest BCUT2D eigenvalue weighted by Crippen LogP contribution is 2.11.